The average molecular weight is 333 g/mol. The Bertz CT molecular complexity index is 486. The predicted octanol–water partition coefficient (Wildman–Crippen LogP) is 2.44. The lowest BCUT2D eigenvalue weighted by atomic mass is 9.95. The second kappa shape index (κ2) is 7.17. The molecular weight excluding hydrogens is 306 g/mol. The summed E-state index contributed by atoms with van der Waals surface area (Å²) in [5.41, 5.74) is -0.559. The van der Waals surface area contributed by atoms with Crippen molar-refractivity contribution in [2.24, 2.45) is 11.8 Å². The Balaban J connectivity index is 1.71. The lowest BCUT2D eigenvalue weighted by Gasteiger charge is -2.20. The molecule has 22 heavy (non-hydrogen) atoms. The minimum atomic E-state index is -3.48. The summed E-state index contributed by atoms with van der Waals surface area (Å²) in [5, 5.41) is 2.76. The van der Waals surface area contributed by atoms with Crippen LogP contribution in [0.4, 0.5) is 4.79 Å². The lowest BCUT2D eigenvalue weighted by Crippen LogP contribution is -2.41. The van der Waals surface area contributed by atoms with Crippen molar-refractivity contribution < 1.29 is 22.1 Å². The minimum absolute atomic E-state index is 0.0125. The Hall–Kier alpha value is -0.820. The molecule has 0 heterocycles. The van der Waals surface area contributed by atoms with Crippen molar-refractivity contribution >= 4 is 16.2 Å². The van der Waals surface area contributed by atoms with Crippen LogP contribution in [0.5, 0.6) is 0 Å². The number of carbonyl (C=O) groups is 1. The zero-order valence-electron chi connectivity index (χ0n) is 13.5. The minimum Gasteiger partial charge on any atom is -0.449 e. The third kappa shape index (κ3) is 6.12. The molecular formula is C15H27NO5S. The summed E-state index contributed by atoms with van der Waals surface area (Å²) in [6.45, 7) is 2.68. The fourth-order valence-electron chi connectivity index (χ4n) is 3.00. The molecule has 0 aromatic carbocycles. The van der Waals surface area contributed by atoms with Gasteiger partial charge in [-0.1, -0.05) is 26.2 Å². The quantitative estimate of drug-likeness (QED) is 0.596. The predicted molar refractivity (Wildman–Crippen MR) is 83.0 cm³/mol. The molecule has 0 spiro atoms. The van der Waals surface area contributed by atoms with Crippen LogP contribution in [-0.4, -0.2) is 39.5 Å². The highest BCUT2D eigenvalue weighted by atomic mass is 32.2. The van der Waals surface area contributed by atoms with E-state index >= 15 is 0 Å². The van der Waals surface area contributed by atoms with E-state index in [0.29, 0.717) is 18.4 Å². The molecule has 128 valence electrons. The first kappa shape index (κ1) is 17.5. The summed E-state index contributed by atoms with van der Waals surface area (Å²) in [4.78, 5) is 11.9. The van der Waals surface area contributed by atoms with Gasteiger partial charge in [-0.2, -0.15) is 8.42 Å². The van der Waals surface area contributed by atoms with Gasteiger partial charge in [-0.3, -0.25) is 4.18 Å². The van der Waals surface area contributed by atoms with Gasteiger partial charge in [0.15, 0.2) is 0 Å². The molecule has 7 heteroatoms. The van der Waals surface area contributed by atoms with Gasteiger partial charge in [0, 0.05) is 0 Å². The second-order valence-corrected chi connectivity index (χ2v) is 8.61. The molecule has 2 atom stereocenters. The van der Waals surface area contributed by atoms with Crippen LogP contribution in [0.25, 0.3) is 0 Å². The third-order valence-electron chi connectivity index (χ3n) is 4.52. The Labute approximate surface area is 133 Å². The van der Waals surface area contributed by atoms with Gasteiger partial charge in [0.25, 0.3) is 10.1 Å². The van der Waals surface area contributed by atoms with E-state index in [-0.39, 0.29) is 6.61 Å². The number of ether oxygens (including phenoxy) is 1. The van der Waals surface area contributed by atoms with E-state index < -0.39 is 21.8 Å². The van der Waals surface area contributed by atoms with Crippen molar-refractivity contribution in [3.8, 4) is 0 Å². The van der Waals surface area contributed by atoms with Gasteiger partial charge in [-0.15, -0.1) is 0 Å². The van der Waals surface area contributed by atoms with Crippen LogP contribution < -0.4 is 5.32 Å². The smallest absolute Gasteiger partial charge is 0.407 e. The van der Waals surface area contributed by atoms with E-state index in [2.05, 4.69) is 12.2 Å². The summed E-state index contributed by atoms with van der Waals surface area (Å²) in [6.07, 6.45) is 7.92. The van der Waals surface area contributed by atoms with Crippen molar-refractivity contribution in [2.75, 3.05) is 19.5 Å². The molecule has 2 unspecified atom stereocenters. The van der Waals surface area contributed by atoms with Gasteiger partial charge >= 0.3 is 6.09 Å². The summed E-state index contributed by atoms with van der Waals surface area (Å²) in [6, 6.07) is 0. The molecule has 2 aliphatic rings. The van der Waals surface area contributed by atoms with Crippen molar-refractivity contribution in [3.05, 3.63) is 0 Å². The van der Waals surface area contributed by atoms with Crippen LogP contribution in [-0.2, 0) is 19.0 Å². The first-order valence-electron chi connectivity index (χ1n) is 8.07. The molecule has 0 radical (unpaired) electrons. The van der Waals surface area contributed by atoms with E-state index in [1.165, 1.54) is 19.3 Å². The maximum Gasteiger partial charge on any atom is 0.407 e. The van der Waals surface area contributed by atoms with Crippen molar-refractivity contribution in [2.45, 2.75) is 57.4 Å². The van der Waals surface area contributed by atoms with E-state index in [9.17, 15) is 13.2 Å². The van der Waals surface area contributed by atoms with Gasteiger partial charge in [-0.25, -0.2) is 4.79 Å². The highest BCUT2D eigenvalue weighted by Crippen LogP contribution is 2.36. The van der Waals surface area contributed by atoms with Crippen molar-refractivity contribution in [1.29, 1.82) is 0 Å². The highest BCUT2D eigenvalue weighted by Gasteiger charge is 2.45. The Morgan fingerprint density at radius 3 is 2.59 bits per heavy atom. The van der Waals surface area contributed by atoms with E-state index in [1.807, 2.05) is 0 Å². The summed E-state index contributed by atoms with van der Waals surface area (Å²) in [7, 11) is -3.48. The van der Waals surface area contributed by atoms with Gasteiger partial charge in [0.1, 0.15) is 0 Å². The van der Waals surface area contributed by atoms with Crippen LogP contribution in [0.2, 0.25) is 0 Å². The molecule has 2 rings (SSSR count). The normalized spacial score (nSPS) is 27.7. The molecule has 1 amide bonds. The van der Waals surface area contributed by atoms with E-state index in [4.69, 9.17) is 8.92 Å². The number of nitrogens with one attached hydrogen (secondary N) is 1. The van der Waals surface area contributed by atoms with E-state index in [0.717, 1.165) is 31.9 Å². The molecule has 2 aliphatic carbocycles. The van der Waals surface area contributed by atoms with Crippen LogP contribution in [0.3, 0.4) is 0 Å². The maximum atomic E-state index is 11.9. The zero-order valence-corrected chi connectivity index (χ0v) is 14.3. The number of hydrogen-bond donors (Lipinski definition) is 1. The van der Waals surface area contributed by atoms with Crippen LogP contribution >= 0.6 is 0 Å². The molecule has 0 saturated heterocycles. The number of amides is 1. The number of hydrogen-bond acceptors (Lipinski definition) is 5. The summed E-state index contributed by atoms with van der Waals surface area (Å²) >= 11 is 0. The standard InChI is InChI=1S/C15H27NO5S/c1-12-5-3-4-6-13(9-12)10-20-14(17)16-15(7-8-15)11-21-22(2,18)19/h12-13H,3-11H2,1-2H3,(H,16,17). The summed E-state index contributed by atoms with van der Waals surface area (Å²) < 4.78 is 32.2. The average Bonchev–Trinajstić information content (AvgIpc) is 3.19. The number of rotatable bonds is 6. The number of carbonyl (C=O) groups excluding carboxylic acids is 1. The van der Waals surface area contributed by atoms with Gasteiger partial charge in [-0.05, 0) is 37.5 Å². The van der Waals surface area contributed by atoms with E-state index in [1.54, 1.807) is 0 Å². The molecule has 1 N–H and O–H groups in total. The first-order valence-corrected chi connectivity index (χ1v) is 9.89. The summed E-state index contributed by atoms with van der Waals surface area (Å²) in [5.74, 6) is 1.13. The Kier molecular flexibility index (Phi) is 5.71. The maximum absolute atomic E-state index is 11.9. The van der Waals surface area contributed by atoms with Crippen molar-refractivity contribution in [3.63, 3.8) is 0 Å². The second-order valence-electron chi connectivity index (χ2n) is 6.96. The topological polar surface area (TPSA) is 81.7 Å². The van der Waals surface area contributed by atoms with Gasteiger partial charge < -0.3 is 10.1 Å². The molecule has 0 aromatic rings. The SMILES string of the molecule is CC1CCCCC(COC(=O)NC2(COS(C)(=O)=O)CC2)C1. The molecule has 0 aromatic heterocycles. The fraction of sp³-hybridized carbons (Fsp3) is 0.933. The monoisotopic (exact) mass is 333 g/mol. The molecule has 0 bridgehead atoms. The van der Waals surface area contributed by atoms with Crippen LogP contribution in [0.1, 0.15) is 51.9 Å². The van der Waals surface area contributed by atoms with Crippen LogP contribution in [0, 0.1) is 11.8 Å². The molecule has 2 saturated carbocycles. The largest absolute Gasteiger partial charge is 0.449 e. The van der Waals surface area contributed by atoms with Crippen molar-refractivity contribution in [1.82, 2.24) is 5.32 Å². The van der Waals surface area contributed by atoms with Crippen LogP contribution in [0.15, 0.2) is 0 Å². The third-order valence-corrected chi connectivity index (χ3v) is 5.06. The lowest BCUT2D eigenvalue weighted by molar-refractivity contribution is 0.111. The zero-order chi connectivity index (χ0) is 16.2. The molecule has 2 fully saturated rings. The Morgan fingerprint density at radius 1 is 1.27 bits per heavy atom. The number of alkyl carbamates (subject to hydrolysis) is 1. The fourth-order valence-corrected chi connectivity index (χ4v) is 3.44. The first-order chi connectivity index (χ1) is 10.3. The molecule has 0 aliphatic heterocycles. The highest BCUT2D eigenvalue weighted by molar-refractivity contribution is 7.85. The van der Waals surface area contributed by atoms with Gasteiger partial charge in [0.05, 0.1) is 25.0 Å². The molecule has 6 nitrogen and oxygen atoms in total. The van der Waals surface area contributed by atoms with Gasteiger partial charge in [0.2, 0.25) is 0 Å². The Morgan fingerprint density at radius 2 is 1.95 bits per heavy atom.